The summed E-state index contributed by atoms with van der Waals surface area (Å²) in [7, 11) is 1.26. The number of nitrogens with two attached hydrogens (primary N) is 1. The van der Waals surface area contributed by atoms with E-state index in [-0.39, 0.29) is 12.8 Å². The third-order valence-corrected chi connectivity index (χ3v) is 1.56. The number of esters is 1. The minimum Gasteiger partial charge on any atom is -0.469 e. The summed E-state index contributed by atoms with van der Waals surface area (Å²) in [6.45, 7) is -0.887. The van der Waals surface area contributed by atoms with Crippen LogP contribution in [0.3, 0.4) is 0 Å². The Bertz CT molecular complexity index is 143. The number of methoxy groups -OCH3 is 1. The molecule has 2 atom stereocenters. The molecule has 0 rings (SSSR count). The van der Waals surface area contributed by atoms with E-state index in [1.165, 1.54) is 7.11 Å². The van der Waals surface area contributed by atoms with Crippen LogP contribution >= 0.6 is 0 Å². The Morgan fingerprint density at radius 2 is 2.33 bits per heavy atom. The molecule has 0 radical (unpaired) electrons. The highest BCUT2D eigenvalue weighted by atomic mass is 19.1. The summed E-state index contributed by atoms with van der Waals surface area (Å²) in [5.74, 6) is -0.406. The molecule has 0 aliphatic heterocycles. The summed E-state index contributed by atoms with van der Waals surface area (Å²) >= 11 is 0. The number of hydrogen-bond acceptors (Lipinski definition) is 4. The third-order valence-electron chi connectivity index (χ3n) is 1.56. The van der Waals surface area contributed by atoms with Crippen molar-refractivity contribution in [3.8, 4) is 0 Å². The zero-order valence-corrected chi connectivity index (χ0v) is 7.00. The van der Waals surface area contributed by atoms with Crippen molar-refractivity contribution in [1.82, 2.24) is 0 Å². The number of carbonyl (C=O) groups is 1. The van der Waals surface area contributed by atoms with Gasteiger partial charge in [0.1, 0.15) is 6.67 Å². The van der Waals surface area contributed by atoms with Crippen LogP contribution in [0, 0.1) is 0 Å². The molecule has 0 saturated heterocycles. The quantitative estimate of drug-likeness (QED) is 0.563. The van der Waals surface area contributed by atoms with E-state index in [0.29, 0.717) is 0 Å². The van der Waals surface area contributed by atoms with Gasteiger partial charge in [0.15, 0.2) is 0 Å². The minimum absolute atomic E-state index is 0.106. The number of halogens is 1. The van der Waals surface area contributed by atoms with Crippen molar-refractivity contribution in [3.63, 3.8) is 0 Å². The number of alkyl halides is 1. The molecular formula is C7H14FNO3. The van der Waals surface area contributed by atoms with E-state index in [0.717, 1.165) is 0 Å². The van der Waals surface area contributed by atoms with Crippen LogP contribution in [-0.4, -0.2) is 37.0 Å². The van der Waals surface area contributed by atoms with E-state index >= 15 is 0 Å². The summed E-state index contributed by atoms with van der Waals surface area (Å²) in [5.41, 5.74) is 5.33. The Morgan fingerprint density at radius 3 is 2.75 bits per heavy atom. The number of hydrogen-bond donors (Lipinski definition) is 2. The molecule has 0 aliphatic carbocycles. The molecule has 0 heterocycles. The molecule has 0 aromatic carbocycles. The van der Waals surface area contributed by atoms with Crippen molar-refractivity contribution in [3.05, 3.63) is 0 Å². The first-order valence-electron chi connectivity index (χ1n) is 3.68. The molecule has 0 saturated carbocycles. The van der Waals surface area contributed by atoms with Crippen LogP contribution in [0.25, 0.3) is 0 Å². The minimum atomic E-state index is -1.19. The van der Waals surface area contributed by atoms with Crippen molar-refractivity contribution < 1.29 is 19.0 Å². The van der Waals surface area contributed by atoms with Crippen LogP contribution in [0.2, 0.25) is 0 Å². The van der Waals surface area contributed by atoms with Gasteiger partial charge in [-0.1, -0.05) is 0 Å². The second-order valence-corrected chi connectivity index (χ2v) is 2.50. The molecule has 12 heavy (non-hydrogen) atoms. The number of rotatable bonds is 5. The van der Waals surface area contributed by atoms with Gasteiger partial charge in [-0.05, 0) is 6.42 Å². The fourth-order valence-corrected chi connectivity index (χ4v) is 0.693. The predicted octanol–water partition coefficient (Wildman–Crippen LogP) is -0.403. The molecule has 0 spiro atoms. The molecular weight excluding hydrogens is 165 g/mol. The van der Waals surface area contributed by atoms with Crippen LogP contribution in [0.4, 0.5) is 4.39 Å². The van der Waals surface area contributed by atoms with E-state index in [4.69, 9.17) is 10.8 Å². The maximum atomic E-state index is 11.8. The average molecular weight is 179 g/mol. The molecule has 4 nitrogen and oxygen atoms in total. The Hall–Kier alpha value is -0.680. The molecule has 0 fully saturated rings. The molecule has 72 valence electrons. The Balaban J connectivity index is 3.56. The first-order chi connectivity index (χ1) is 5.61. The first-order valence-corrected chi connectivity index (χ1v) is 3.68. The van der Waals surface area contributed by atoms with E-state index in [9.17, 15) is 9.18 Å². The van der Waals surface area contributed by atoms with Crippen LogP contribution in [-0.2, 0) is 9.53 Å². The second kappa shape index (κ2) is 5.91. The van der Waals surface area contributed by atoms with Crippen molar-refractivity contribution in [2.24, 2.45) is 5.73 Å². The van der Waals surface area contributed by atoms with Gasteiger partial charge in [0.25, 0.3) is 0 Å². The van der Waals surface area contributed by atoms with E-state index in [1.807, 2.05) is 0 Å². The zero-order chi connectivity index (χ0) is 9.56. The summed E-state index contributed by atoms with van der Waals surface area (Å²) in [5, 5.41) is 8.86. The highest BCUT2D eigenvalue weighted by molar-refractivity contribution is 5.69. The molecule has 2 unspecified atom stereocenters. The number of aliphatic hydroxyl groups is 1. The molecule has 0 bridgehead atoms. The lowest BCUT2D eigenvalue weighted by Gasteiger charge is -2.14. The number of carbonyl (C=O) groups excluding carboxylic acids is 1. The second-order valence-electron chi connectivity index (χ2n) is 2.50. The van der Waals surface area contributed by atoms with Crippen molar-refractivity contribution in [2.45, 2.75) is 25.0 Å². The summed E-state index contributed by atoms with van der Waals surface area (Å²) in [6, 6.07) is -0.700. The molecule has 0 aromatic rings. The van der Waals surface area contributed by atoms with Gasteiger partial charge in [-0.25, -0.2) is 4.39 Å². The van der Waals surface area contributed by atoms with Gasteiger partial charge < -0.3 is 15.6 Å². The Kier molecular flexibility index (Phi) is 5.57. The molecule has 5 heteroatoms. The highest BCUT2D eigenvalue weighted by Gasteiger charge is 2.15. The lowest BCUT2D eigenvalue weighted by atomic mass is 10.1. The van der Waals surface area contributed by atoms with Crippen LogP contribution < -0.4 is 5.73 Å². The van der Waals surface area contributed by atoms with Gasteiger partial charge in [0.2, 0.25) is 0 Å². The van der Waals surface area contributed by atoms with E-state index in [2.05, 4.69) is 4.74 Å². The largest absolute Gasteiger partial charge is 0.469 e. The van der Waals surface area contributed by atoms with Crippen LogP contribution in [0.5, 0.6) is 0 Å². The molecule has 3 N–H and O–H groups in total. The molecule has 0 amide bonds. The van der Waals surface area contributed by atoms with Gasteiger partial charge >= 0.3 is 5.97 Å². The number of aliphatic hydroxyl groups excluding tert-OH is 1. The summed E-state index contributed by atoms with van der Waals surface area (Å²) in [4.78, 5) is 10.6. The first kappa shape index (κ1) is 11.3. The van der Waals surface area contributed by atoms with Gasteiger partial charge in [-0.15, -0.1) is 0 Å². The SMILES string of the molecule is COC(=O)CCC(N)C(O)CF. The van der Waals surface area contributed by atoms with Crippen molar-refractivity contribution >= 4 is 5.97 Å². The zero-order valence-electron chi connectivity index (χ0n) is 7.00. The van der Waals surface area contributed by atoms with Gasteiger partial charge in [0, 0.05) is 12.5 Å². The maximum absolute atomic E-state index is 11.8. The lowest BCUT2D eigenvalue weighted by Crippen LogP contribution is -2.36. The fourth-order valence-electron chi connectivity index (χ4n) is 0.693. The van der Waals surface area contributed by atoms with E-state index in [1.54, 1.807) is 0 Å². The third kappa shape index (κ3) is 4.25. The van der Waals surface area contributed by atoms with Crippen LogP contribution in [0.15, 0.2) is 0 Å². The van der Waals surface area contributed by atoms with Gasteiger partial charge in [-0.3, -0.25) is 4.79 Å². The summed E-state index contributed by atoms with van der Waals surface area (Å²) in [6.07, 6.45) is -0.846. The Labute approximate surface area is 70.5 Å². The summed E-state index contributed by atoms with van der Waals surface area (Å²) < 4.78 is 16.1. The number of ether oxygens (including phenoxy) is 1. The van der Waals surface area contributed by atoms with Gasteiger partial charge in [0.05, 0.1) is 13.2 Å². The fraction of sp³-hybridized carbons (Fsp3) is 0.857. The lowest BCUT2D eigenvalue weighted by molar-refractivity contribution is -0.140. The maximum Gasteiger partial charge on any atom is 0.305 e. The van der Waals surface area contributed by atoms with Crippen molar-refractivity contribution in [2.75, 3.05) is 13.8 Å². The Morgan fingerprint density at radius 1 is 1.75 bits per heavy atom. The topological polar surface area (TPSA) is 72.5 Å². The smallest absolute Gasteiger partial charge is 0.305 e. The van der Waals surface area contributed by atoms with Crippen LogP contribution in [0.1, 0.15) is 12.8 Å². The predicted molar refractivity (Wildman–Crippen MR) is 41.2 cm³/mol. The average Bonchev–Trinajstić information content (AvgIpc) is 2.11. The monoisotopic (exact) mass is 179 g/mol. The normalized spacial score (nSPS) is 15.3. The van der Waals surface area contributed by atoms with Gasteiger partial charge in [-0.2, -0.15) is 0 Å². The standard InChI is InChI=1S/C7H14FNO3/c1-12-7(11)3-2-5(9)6(10)4-8/h5-6,10H,2-4,9H2,1H3. The van der Waals surface area contributed by atoms with E-state index < -0.39 is 24.8 Å². The molecule has 0 aromatic heterocycles. The molecule has 0 aliphatic rings. The van der Waals surface area contributed by atoms with Crippen molar-refractivity contribution in [1.29, 1.82) is 0 Å². The highest BCUT2D eigenvalue weighted by Crippen LogP contribution is 2.01.